The zero-order chi connectivity index (χ0) is 18.0. The number of hydrogen-bond donors (Lipinski definition) is 3. The molecule has 1 fully saturated rings. The number of nitrogens with zero attached hydrogens (tertiary/aromatic N) is 1. The number of para-hydroxylation sites is 1. The number of aromatic amines is 1. The first-order chi connectivity index (χ1) is 12.0. The van der Waals surface area contributed by atoms with Crippen LogP contribution in [-0.4, -0.2) is 52.0 Å². The molecule has 0 unspecified atom stereocenters. The van der Waals surface area contributed by atoms with Gasteiger partial charge in [-0.15, -0.1) is 0 Å². The van der Waals surface area contributed by atoms with Crippen molar-refractivity contribution in [1.29, 1.82) is 0 Å². The van der Waals surface area contributed by atoms with E-state index in [9.17, 15) is 14.7 Å². The fraction of sp³-hybridized carbons (Fsp3) is 0.474. The summed E-state index contributed by atoms with van der Waals surface area (Å²) in [5, 5.41) is 13.9. The highest BCUT2D eigenvalue weighted by atomic mass is 16.3. The van der Waals surface area contributed by atoms with Crippen LogP contribution in [0.5, 0.6) is 0 Å². The summed E-state index contributed by atoms with van der Waals surface area (Å²) in [5.41, 5.74) is 2.00. The molecule has 1 aromatic heterocycles. The topological polar surface area (TPSA) is 85.4 Å². The van der Waals surface area contributed by atoms with Crippen LogP contribution in [0.15, 0.2) is 30.5 Å². The van der Waals surface area contributed by atoms with Crippen molar-refractivity contribution < 1.29 is 14.7 Å². The number of aromatic nitrogens is 1. The van der Waals surface area contributed by atoms with E-state index in [1.165, 1.54) is 6.92 Å². The van der Waals surface area contributed by atoms with Gasteiger partial charge in [0.1, 0.15) is 6.04 Å². The summed E-state index contributed by atoms with van der Waals surface area (Å²) in [6.45, 7) is 4.31. The first kappa shape index (κ1) is 17.5. The van der Waals surface area contributed by atoms with E-state index in [1.54, 1.807) is 4.90 Å². The van der Waals surface area contributed by atoms with Crippen LogP contribution in [-0.2, 0) is 16.0 Å². The molecule has 3 rings (SSSR count). The van der Waals surface area contributed by atoms with Crippen molar-refractivity contribution in [3.63, 3.8) is 0 Å². The van der Waals surface area contributed by atoms with Crippen LogP contribution in [0.1, 0.15) is 25.8 Å². The van der Waals surface area contributed by atoms with Crippen molar-refractivity contribution in [1.82, 2.24) is 15.2 Å². The second kappa shape index (κ2) is 7.27. The Balaban J connectivity index is 1.80. The van der Waals surface area contributed by atoms with Crippen LogP contribution in [0.4, 0.5) is 0 Å². The second-order valence-electron chi connectivity index (χ2n) is 6.80. The molecule has 0 aliphatic carbocycles. The van der Waals surface area contributed by atoms with E-state index in [0.717, 1.165) is 22.9 Å². The Morgan fingerprint density at radius 1 is 1.36 bits per heavy atom. The zero-order valence-electron chi connectivity index (χ0n) is 14.7. The minimum atomic E-state index is -0.625. The number of aliphatic hydroxyl groups is 1. The molecular weight excluding hydrogens is 318 g/mol. The molecule has 0 saturated carbocycles. The maximum atomic E-state index is 12.9. The van der Waals surface area contributed by atoms with E-state index in [4.69, 9.17) is 0 Å². The largest absolute Gasteiger partial charge is 0.391 e. The molecule has 3 atom stereocenters. The summed E-state index contributed by atoms with van der Waals surface area (Å²) < 4.78 is 0. The average Bonchev–Trinajstić information content (AvgIpc) is 3.17. The third-order valence-corrected chi connectivity index (χ3v) is 5.02. The number of carbonyl (C=O) groups excluding carboxylic acids is 2. The number of hydrogen-bond acceptors (Lipinski definition) is 3. The second-order valence-corrected chi connectivity index (χ2v) is 6.80. The molecule has 25 heavy (non-hydrogen) atoms. The molecule has 0 bridgehead atoms. The molecule has 6 heteroatoms. The molecule has 3 N–H and O–H groups in total. The van der Waals surface area contributed by atoms with E-state index >= 15 is 0 Å². The summed E-state index contributed by atoms with van der Waals surface area (Å²) in [6, 6.07) is 7.27. The van der Waals surface area contributed by atoms with Gasteiger partial charge in [0.15, 0.2) is 0 Å². The number of benzene rings is 1. The normalized spacial score (nSPS) is 21.5. The Hall–Kier alpha value is -2.34. The van der Waals surface area contributed by atoms with Crippen molar-refractivity contribution in [3.8, 4) is 0 Å². The Kier molecular flexibility index (Phi) is 5.08. The van der Waals surface area contributed by atoms with E-state index < -0.39 is 12.1 Å². The van der Waals surface area contributed by atoms with Gasteiger partial charge in [0.05, 0.1) is 6.10 Å². The molecule has 1 aromatic carbocycles. The maximum Gasteiger partial charge on any atom is 0.245 e. The number of fused-ring (bicyclic) bond motifs is 1. The lowest BCUT2D eigenvalue weighted by molar-refractivity contribution is -0.135. The molecule has 2 heterocycles. The SMILES string of the molecule is CC[C@@H]1CN(C(=O)[C@@H](Cc2c[nH]c3ccccc23)NC(C)=O)C[C@H]1O. The van der Waals surface area contributed by atoms with Gasteiger partial charge in [0, 0.05) is 49.5 Å². The number of nitrogens with one attached hydrogen (secondary N) is 2. The number of aliphatic hydroxyl groups excluding tert-OH is 1. The Morgan fingerprint density at radius 3 is 2.80 bits per heavy atom. The van der Waals surface area contributed by atoms with Gasteiger partial charge in [-0.3, -0.25) is 9.59 Å². The lowest BCUT2D eigenvalue weighted by Gasteiger charge is -2.24. The summed E-state index contributed by atoms with van der Waals surface area (Å²) >= 11 is 0. The van der Waals surface area contributed by atoms with Crippen LogP contribution in [0.2, 0.25) is 0 Å². The third-order valence-electron chi connectivity index (χ3n) is 5.02. The first-order valence-electron chi connectivity index (χ1n) is 8.78. The van der Waals surface area contributed by atoms with E-state index in [0.29, 0.717) is 19.5 Å². The van der Waals surface area contributed by atoms with Gasteiger partial charge in [-0.25, -0.2) is 0 Å². The number of H-pyrrole nitrogens is 1. The van der Waals surface area contributed by atoms with Crippen molar-refractivity contribution >= 4 is 22.7 Å². The minimum Gasteiger partial charge on any atom is -0.391 e. The predicted octanol–water partition coefficient (Wildman–Crippen LogP) is 1.44. The molecule has 0 spiro atoms. The number of carbonyl (C=O) groups is 2. The molecule has 1 saturated heterocycles. The summed E-state index contributed by atoms with van der Waals surface area (Å²) in [5.74, 6) is -0.254. The van der Waals surface area contributed by atoms with Gasteiger partial charge in [-0.2, -0.15) is 0 Å². The number of likely N-dealkylation sites (tertiary alicyclic amines) is 1. The number of rotatable bonds is 5. The predicted molar refractivity (Wildman–Crippen MR) is 96.0 cm³/mol. The summed E-state index contributed by atoms with van der Waals surface area (Å²) in [7, 11) is 0. The molecule has 2 aromatic rings. The van der Waals surface area contributed by atoms with Crippen molar-refractivity contribution in [3.05, 3.63) is 36.0 Å². The monoisotopic (exact) mass is 343 g/mol. The molecular formula is C19H25N3O3. The van der Waals surface area contributed by atoms with Gasteiger partial charge in [-0.05, 0) is 18.1 Å². The van der Waals surface area contributed by atoms with Crippen molar-refractivity contribution in [2.45, 2.75) is 38.8 Å². The molecule has 6 nitrogen and oxygen atoms in total. The van der Waals surface area contributed by atoms with Crippen LogP contribution in [0.3, 0.4) is 0 Å². The highest BCUT2D eigenvalue weighted by Crippen LogP contribution is 2.23. The molecule has 134 valence electrons. The van der Waals surface area contributed by atoms with Crippen LogP contribution < -0.4 is 5.32 Å². The lowest BCUT2D eigenvalue weighted by Crippen LogP contribution is -2.48. The maximum absolute atomic E-state index is 12.9. The lowest BCUT2D eigenvalue weighted by atomic mass is 10.0. The standard InChI is InChI=1S/C19H25N3O3/c1-3-13-10-22(11-18(13)24)19(25)17(21-12(2)23)8-14-9-20-16-7-5-4-6-15(14)16/h4-7,9,13,17-18,20,24H,3,8,10-11H2,1-2H3,(H,21,23)/t13-,17-,18-/m1/s1. The zero-order valence-corrected chi connectivity index (χ0v) is 14.7. The van der Waals surface area contributed by atoms with E-state index in [-0.39, 0.29) is 17.7 Å². The average molecular weight is 343 g/mol. The molecule has 0 radical (unpaired) electrons. The number of amides is 2. The van der Waals surface area contributed by atoms with Crippen molar-refractivity contribution in [2.75, 3.05) is 13.1 Å². The minimum absolute atomic E-state index is 0.106. The highest BCUT2D eigenvalue weighted by molar-refractivity contribution is 5.89. The highest BCUT2D eigenvalue weighted by Gasteiger charge is 2.36. The smallest absolute Gasteiger partial charge is 0.245 e. The van der Waals surface area contributed by atoms with Gasteiger partial charge in [0.2, 0.25) is 11.8 Å². The van der Waals surface area contributed by atoms with Crippen LogP contribution >= 0.6 is 0 Å². The molecule has 2 amide bonds. The summed E-state index contributed by atoms with van der Waals surface area (Å²) in [4.78, 5) is 29.4. The van der Waals surface area contributed by atoms with Gasteiger partial charge in [0.25, 0.3) is 0 Å². The van der Waals surface area contributed by atoms with Crippen molar-refractivity contribution in [2.24, 2.45) is 5.92 Å². The fourth-order valence-corrected chi connectivity index (χ4v) is 3.62. The summed E-state index contributed by atoms with van der Waals surface area (Å²) in [6.07, 6.45) is 2.66. The van der Waals surface area contributed by atoms with E-state index in [1.807, 2.05) is 37.4 Å². The van der Waals surface area contributed by atoms with E-state index in [2.05, 4.69) is 10.3 Å². The molecule has 1 aliphatic rings. The Morgan fingerprint density at radius 2 is 2.12 bits per heavy atom. The third kappa shape index (κ3) is 3.69. The van der Waals surface area contributed by atoms with Gasteiger partial charge in [-0.1, -0.05) is 25.1 Å². The fourth-order valence-electron chi connectivity index (χ4n) is 3.62. The first-order valence-corrected chi connectivity index (χ1v) is 8.78. The van der Waals surface area contributed by atoms with Crippen LogP contribution in [0.25, 0.3) is 10.9 Å². The Labute approximate surface area is 147 Å². The number of β-amino-alcohol motifs (C(OH)–C–C–N with tert-alkyl or cyclic N) is 1. The van der Waals surface area contributed by atoms with Gasteiger partial charge < -0.3 is 20.3 Å². The Bertz CT molecular complexity index is 770. The van der Waals surface area contributed by atoms with Gasteiger partial charge >= 0.3 is 0 Å². The van der Waals surface area contributed by atoms with Crippen LogP contribution in [0, 0.1) is 5.92 Å². The molecule has 1 aliphatic heterocycles. The quantitative estimate of drug-likeness (QED) is 0.768.